The number of methoxy groups -OCH3 is 1. The molecule has 1 aromatic heterocycles. The van der Waals surface area contributed by atoms with E-state index in [4.69, 9.17) is 0 Å². The van der Waals surface area contributed by atoms with Gasteiger partial charge in [0.05, 0.1) is 30.3 Å². The summed E-state index contributed by atoms with van der Waals surface area (Å²) in [5.41, 5.74) is 2.23. The highest BCUT2D eigenvalue weighted by molar-refractivity contribution is 9.10. The molecule has 0 atom stereocenters. The first kappa shape index (κ1) is 18.2. The first-order valence-electron chi connectivity index (χ1n) is 7.57. The Hall–Kier alpha value is -2.15. The summed E-state index contributed by atoms with van der Waals surface area (Å²) in [4.78, 5) is 25.3. The van der Waals surface area contributed by atoms with Gasteiger partial charge in [-0.3, -0.25) is 9.59 Å². The van der Waals surface area contributed by atoms with Crippen LogP contribution in [0.15, 0.2) is 34.9 Å². The van der Waals surface area contributed by atoms with Crippen molar-refractivity contribution in [2.45, 2.75) is 19.8 Å². The third-order valence-electron chi connectivity index (χ3n) is 3.76. The van der Waals surface area contributed by atoms with Gasteiger partial charge >= 0.3 is 5.97 Å². The zero-order valence-corrected chi connectivity index (χ0v) is 15.5. The van der Waals surface area contributed by atoms with E-state index < -0.39 is 0 Å². The number of rotatable bonds is 6. The van der Waals surface area contributed by atoms with Gasteiger partial charge in [-0.25, -0.2) is 4.68 Å². The van der Waals surface area contributed by atoms with E-state index in [1.54, 1.807) is 22.8 Å². The lowest BCUT2D eigenvalue weighted by atomic mass is 10.2. The molecule has 6 nitrogen and oxygen atoms in total. The number of carbonyl (C=O) groups is 2. The summed E-state index contributed by atoms with van der Waals surface area (Å²) in [6.07, 6.45) is 2.44. The number of hydrogen-bond donors (Lipinski definition) is 0. The first-order valence-corrected chi connectivity index (χ1v) is 8.36. The van der Waals surface area contributed by atoms with E-state index in [9.17, 15) is 9.59 Å². The maximum absolute atomic E-state index is 12.6. The van der Waals surface area contributed by atoms with Crippen LogP contribution in [0.3, 0.4) is 0 Å². The van der Waals surface area contributed by atoms with Gasteiger partial charge in [0.25, 0.3) is 5.91 Å². The Kier molecular flexibility index (Phi) is 6.14. The third-order valence-corrected chi connectivity index (χ3v) is 4.29. The van der Waals surface area contributed by atoms with Crippen LogP contribution < -0.4 is 0 Å². The van der Waals surface area contributed by atoms with Crippen LogP contribution in [-0.2, 0) is 9.53 Å². The molecule has 0 fully saturated rings. The van der Waals surface area contributed by atoms with Crippen LogP contribution in [0.4, 0.5) is 0 Å². The van der Waals surface area contributed by atoms with E-state index in [1.807, 2.05) is 31.2 Å². The van der Waals surface area contributed by atoms with E-state index in [0.717, 1.165) is 15.9 Å². The molecule has 2 rings (SSSR count). The number of ether oxygens (including phenoxy) is 1. The van der Waals surface area contributed by atoms with Crippen molar-refractivity contribution in [3.05, 3.63) is 46.2 Å². The second kappa shape index (κ2) is 8.10. The number of halogens is 1. The van der Waals surface area contributed by atoms with E-state index in [1.165, 1.54) is 7.11 Å². The molecule has 0 bridgehead atoms. The molecule has 1 amide bonds. The van der Waals surface area contributed by atoms with Crippen LogP contribution in [0.1, 0.15) is 28.9 Å². The third kappa shape index (κ3) is 4.23. The zero-order chi connectivity index (χ0) is 17.7. The molecule has 0 aliphatic rings. The fraction of sp³-hybridized carbons (Fsp3) is 0.353. The van der Waals surface area contributed by atoms with Gasteiger partial charge in [-0.15, -0.1) is 0 Å². The molecule has 2 aromatic rings. The Morgan fingerprint density at radius 1 is 1.29 bits per heavy atom. The molecule has 0 saturated heterocycles. The van der Waals surface area contributed by atoms with Crippen molar-refractivity contribution in [1.29, 1.82) is 0 Å². The topological polar surface area (TPSA) is 64.4 Å². The van der Waals surface area contributed by atoms with Crippen LogP contribution in [-0.4, -0.2) is 47.3 Å². The maximum Gasteiger partial charge on any atom is 0.305 e. The molecule has 128 valence electrons. The molecule has 0 N–H and O–H groups in total. The minimum absolute atomic E-state index is 0.110. The van der Waals surface area contributed by atoms with Crippen molar-refractivity contribution in [1.82, 2.24) is 14.7 Å². The summed E-state index contributed by atoms with van der Waals surface area (Å²) in [5.74, 6) is -0.379. The number of nitrogens with zero attached hydrogens (tertiary/aromatic N) is 3. The molecule has 0 saturated carbocycles. The Morgan fingerprint density at radius 3 is 2.58 bits per heavy atom. The Labute approximate surface area is 149 Å². The highest BCUT2D eigenvalue weighted by Gasteiger charge is 2.18. The first-order chi connectivity index (χ1) is 11.4. The number of hydrogen-bond acceptors (Lipinski definition) is 4. The average molecular weight is 394 g/mol. The maximum atomic E-state index is 12.6. The van der Waals surface area contributed by atoms with Crippen molar-refractivity contribution >= 4 is 27.8 Å². The number of amides is 1. The summed E-state index contributed by atoms with van der Waals surface area (Å²) in [6, 6.07) is 7.71. The van der Waals surface area contributed by atoms with Crippen molar-refractivity contribution < 1.29 is 14.3 Å². The summed E-state index contributed by atoms with van der Waals surface area (Å²) in [5, 5.41) is 4.32. The van der Waals surface area contributed by atoms with Gasteiger partial charge < -0.3 is 9.64 Å². The lowest BCUT2D eigenvalue weighted by molar-refractivity contribution is -0.140. The average Bonchev–Trinajstić information content (AvgIpc) is 2.96. The van der Waals surface area contributed by atoms with Crippen molar-refractivity contribution in [2.24, 2.45) is 0 Å². The molecule has 1 aromatic carbocycles. The van der Waals surface area contributed by atoms with Gasteiger partial charge in [-0.2, -0.15) is 5.10 Å². The van der Waals surface area contributed by atoms with Crippen molar-refractivity contribution in [3.63, 3.8) is 0 Å². The monoisotopic (exact) mass is 393 g/mol. The van der Waals surface area contributed by atoms with Crippen LogP contribution in [0.5, 0.6) is 0 Å². The van der Waals surface area contributed by atoms with E-state index in [2.05, 4.69) is 25.8 Å². The molecule has 0 radical (unpaired) electrons. The molecule has 7 heteroatoms. The van der Waals surface area contributed by atoms with E-state index in [-0.39, 0.29) is 11.9 Å². The predicted molar refractivity (Wildman–Crippen MR) is 94.2 cm³/mol. The largest absolute Gasteiger partial charge is 0.469 e. The van der Waals surface area contributed by atoms with Crippen LogP contribution >= 0.6 is 15.9 Å². The van der Waals surface area contributed by atoms with Crippen LogP contribution in [0.25, 0.3) is 5.69 Å². The van der Waals surface area contributed by atoms with Gasteiger partial charge in [0, 0.05) is 24.5 Å². The summed E-state index contributed by atoms with van der Waals surface area (Å²) < 4.78 is 7.32. The van der Waals surface area contributed by atoms with E-state index >= 15 is 0 Å². The minimum Gasteiger partial charge on any atom is -0.469 e. The minimum atomic E-state index is -0.268. The van der Waals surface area contributed by atoms with Gasteiger partial charge in [-0.1, -0.05) is 15.9 Å². The zero-order valence-electron chi connectivity index (χ0n) is 14.0. The van der Waals surface area contributed by atoms with E-state index in [0.29, 0.717) is 24.9 Å². The van der Waals surface area contributed by atoms with Crippen molar-refractivity contribution in [3.8, 4) is 5.69 Å². The molecular weight excluding hydrogens is 374 g/mol. The molecule has 24 heavy (non-hydrogen) atoms. The number of carbonyl (C=O) groups excluding carboxylic acids is 2. The second-order valence-corrected chi connectivity index (χ2v) is 6.35. The smallest absolute Gasteiger partial charge is 0.305 e. The van der Waals surface area contributed by atoms with Crippen molar-refractivity contribution in [2.75, 3.05) is 20.7 Å². The number of esters is 1. The summed E-state index contributed by atoms with van der Waals surface area (Å²) in [7, 11) is 3.08. The Morgan fingerprint density at radius 2 is 1.96 bits per heavy atom. The standard InChI is InChI=1S/C17H20BrN3O3/c1-12-15(17(23)20(2)10-4-5-16(22)24-3)11-19-21(12)14-8-6-13(18)7-9-14/h6-9,11H,4-5,10H2,1-3H3. The normalized spacial score (nSPS) is 10.5. The Bertz CT molecular complexity index is 725. The highest BCUT2D eigenvalue weighted by atomic mass is 79.9. The molecule has 0 aliphatic heterocycles. The fourth-order valence-corrected chi connectivity index (χ4v) is 2.60. The lowest BCUT2D eigenvalue weighted by Crippen LogP contribution is -2.28. The van der Waals surface area contributed by atoms with Gasteiger partial charge in [0.15, 0.2) is 0 Å². The molecular formula is C17H20BrN3O3. The highest BCUT2D eigenvalue weighted by Crippen LogP contribution is 2.18. The lowest BCUT2D eigenvalue weighted by Gasteiger charge is -2.16. The van der Waals surface area contributed by atoms with Crippen LogP contribution in [0.2, 0.25) is 0 Å². The molecule has 0 unspecified atom stereocenters. The van der Waals surface area contributed by atoms with Gasteiger partial charge in [-0.05, 0) is 37.6 Å². The number of aromatic nitrogens is 2. The molecule has 0 spiro atoms. The van der Waals surface area contributed by atoms with Gasteiger partial charge in [0.2, 0.25) is 0 Å². The van der Waals surface area contributed by atoms with Crippen LogP contribution in [0, 0.1) is 6.92 Å². The summed E-state index contributed by atoms with van der Waals surface area (Å²) in [6.45, 7) is 2.35. The molecule has 0 aliphatic carbocycles. The Balaban J connectivity index is 2.07. The predicted octanol–water partition coefficient (Wildman–Crippen LogP) is 2.97. The number of benzene rings is 1. The SMILES string of the molecule is COC(=O)CCCN(C)C(=O)c1cnn(-c2ccc(Br)cc2)c1C. The fourth-order valence-electron chi connectivity index (χ4n) is 2.33. The molecule has 1 heterocycles. The van der Waals surface area contributed by atoms with Gasteiger partial charge in [0.1, 0.15) is 0 Å². The summed E-state index contributed by atoms with van der Waals surface area (Å²) >= 11 is 3.40. The second-order valence-electron chi connectivity index (χ2n) is 5.44. The quantitative estimate of drug-likeness (QED) is 0.707.